The number of hydrogen-bond acceptors (Lipinski definition) is 3. The molecule has 2 unspecified atom stereocenters. The van der Waals surface area contributed by atoms with E-state index in [9.17, 15) is 9.90 Å². The van der Waals surface area contributed by atoms with E-state index in [2.05, 4.69) is 10.3 Å². The van der Waals surface area contributed by atoms with Crippen molar-refractivity contribution in [1.82, 2.24) is 14.9 Å². The van der Waals surface area contributed by atoms with Gasteiger partial charge in [0.05, 0.1) is 5.69 Å². The Morgan fingerprint density at radius 3 is 3.11 bits per heavy atom. The topological polar surface area (TPSA) is 67.2 Å². The van der Waals surface area contributed by atoms with Gasteiger partial charge < -0.3 is 15.0 Å². The van der Waals surface area contributed by atoms with Crippen molar-refractivity contribution >= 4 is 5.97 Å². The van der Waals surface area contributed by atoms with Crippen molar-refractivity contribution in [3.63, 3.8) is 0 Å². The van der Waals surface area contributed by atoms with Gasteiger partial charge in [0.1, 0.15) is 11.7 Å². The predicted octanol–water partition coefficient (Wildman–Crippen LogP) is 1.14. The Hall–Kier alpha value is -1.36. The van der Waals surface area contributed by atoms with Crippen LogP contribution < -0.4 is 5.32 Å². The van der Waals surface area contributed by atoms with E-state index < -0.39 is 11.9 Å². The minimum atomic E-state index is -0.743. The van der Waals surface area contributed by atoms with E-state index in [0.29, 0.717) is 12.5 Å². The number of carbonyl (C=O) groups is 1. The summed E-state index contributed by atoms with van der Waals surface area (Å²) in [5.74, 6) is -0.405. The van der Waals surface area contributed by atoms with Gasteiger partial charge in [0.2, 0.25) is 0 Å². The Morgan fingerprint density at radius 1 is 1.50 bits per heavy atom. The van der Waals surface area contributed by atoms with Crippen LogP contribution in [-0.4, -0.2) is 33.2 Å². The molecule has 2 atom stereocenters. The average Bonchev–Trinajstić information content (AvgIpc) is 2.96. The Bertz CT molecular complexity index is 449. The van der Waals surface area contributed by atoms with Crippen LogP contribution in [0.2, 0.25) is 0 Å². The third-order valence-electron chi connectivity index (χ3n) is 3.98. The summed E-state index contributed by atoms with van der Waals surface area (Å²) in [5.41, 5.74) is 1.04. The molecule has 0 amide bonds. The molecule has 1 saturated heterocycles. The largest absolute Gasteiger partial charge is 0.481 e. The standard InChI is InChI=1S/C13H19N3O2/c17-13(18)11-4-2-6-16-8-10(15-12(11)16)7-9-3-1-5-14-9/h8-9,11,14H,1-7H2,(H,17,18). The average molecular weight is 249 g/mol. The number of aromatic nitrogens is 2. The summed E-state index contributed by atoms with van der Waals surface area (Å²) < 4.78 is 2.03. The van der Waals surface area contributed by atoms with E-state index in [-0.39, 0.29) is 0 Å². The van der Waals surface area contributed by atoms with Crippen LogP contribution in [0.4, 0.5) is 0 Å². The molecule has 2 aliphatic heterocycles. The first-order chi connectivity index (χ1) is 8.74. The number of nitrogens with zero attached hydrogens (tertiary/aromatic N) is 2. The molecule has 0 bridgehead atoms. The number of aliphatic carboxylic acids is 1. The van der Waals surface area contributed by atoms with Crippen molar-refractivity contribution in [2.45, 2.75) is 50.6 Å². The monoisotopic (exact) mass is 249 g/mol. The van der Waals surface area contributed by atoms with Gasteiger partial charge in [0.25, 0.3) is 0 Å². The zero-order valence-corrected chi connectivity index (χ0v) is 10.4. The third kappa shape index (κ3) is 2.14. The van der Waals surface area contributed by atoms with E-state index in [1.807, 2.05) is 10.8 Å². The predicted molar refractivity (Wildman–Crippen MR) is 66.6 cm³/mol. The van der Waals surface area contributed by atoms with Crippen LogP contribution in [0.25, 0.3) is 0 Å². The molecule has 0 aromatic carbocycles. The molecule has 0 radical (unpaired) electrons. The third-order valence-corrected chi connectivity index (χ3v) is 3.98. The summed E-state index contributed by atoms with van der Waals surface area (Å²) >= 11 is 0. The highest BCUT2D eigenvalue weighted by molar-refractivity contribution is 5.75. The van der Waals surface area contributed by atoms with Gasteiger partial charge in [-0.05, 0) is 32.2 Å². The molecule has 0 saturated carbocycles. The number of fused-ring (bicyclic) bond motifs is 1. The van der Waals surface area contributed by atoms with Crippen LogP contribution in [0, 0.1) is 0 Å². The second kappa shape index (κ2) is 4.72. The zero-order chi connectivity index (χ0) is 12.5. The van der Waals surface area contributed by atoms with Gasteiger partial charge >= 0.3 is 5.97 Å². The summed E-state index contributed by atoms with van der Waals surface area (Å²) in [6, 6.07) is 0.519. The van der Waals surface area contributed by atoms with Crippen LogP contribution in [0.1, 0.15) is 43.1 Å². The van der Waals surface area contributed by atoms with Crippen molar-refractivity contribution in [1.29, 1.82) is 0 Å². The Balaban J connectivity index is 1.79. The fourth-order valence-corrected chi connectivity index (χ4v) is 3.05. The first-order valence-electron chi connectivity index (χ1n) is 6.76. The normalized spacial score (nSPS) is 27.1. The quantitative estimate of drug-likeness (QED) is 0.843. The molecule has 1 fully saturated rings. The van der Waals surface area contributed by atoms with E-state index in [1.54, 1.807) is 0 Å². The number of carboxylic acid groups (broad SMARTS) is 1. The van der Waals surface area contributed by atoms with Gasteiger partial charge in [0, 0.05) is 25.2 Å². The second-order valence-corrected chi connectivity index (χ2v) is 5.31. The summed E-state index contributed by atoms with van der Waals surface area (Å²) in [6.07, 6.45) is 7.05. The van der Waals surface area contributed by atoms with Crippen molar-refractivity contribution < 1.29 is 9.90 Å². The van der Waals surface area contributed by atoms with Crippen molar-refractivity contribution in [3.05, 3.63) is 17.7 Å². The van der Waals surface area contributed by atoms with Crippen molar-refractivity contribution in [2.75, 3.05) is 6.54 Å². The van der Waals surface area contributed by atoms with Gasteiger partial charge in [-0.15, -0.1) is 0 Å². The van der Waals surface area contributed by atoms with Gasteiger partial charge in [-0.2, -0.15) is 0 Å². The Morgan fingerprint density at radius 2 is 2.39 bits per heavy atom. The maximum atomic E-state index is 11.2. The van der Waals surface area contributed by atoms with Crippen LogP contribution in [0.15, 0.2) is 6.20 Å². The van der Waals surface area contributed by atoms with Gasteiger partial charge in [-0.3, -0.25) is 4.79 Å². The molecule has 2 N–H and O–H groups in total. The summed E-state index contributed by atoms with van der Waals surface area (Å²) in [5, 5.41) is 12.7. The molecule has 1 aromatic rings. The number of nitrogens with one attached hydrogen (secondary N) is 1. The number of imidazole rings is 1. The molecular formula is C13H19N3O2. The molecular weight excluding hydrogens is 230 g/mol. The maximum Gasteiger partial charge on any atom is 0.314 e. The van der Waals surface area contributed by atoms with E-state index >= 15 is 0 Å². The molecule has 3 rings (SSSR count). The summed E-state index contributed by atoms with van der Waals surface area (Å²) in [7, 11) is 0. The molecule has 0 spiro atoms. The first kappa shape index (κ1) is 11.7. The lowest BCUT2D eigenvalue weighted by molar-refractivity contribution is -0.139. The molecule has 5 nitrogen and oxygen atoms in total. The van der Waals surface area contributed by atoms with Crippen LogP contribution in [-0.2, 0) is 17.8 Å². The van der Waals surface area contributed by atoms with E-state index in [1.165, 1.54) is 12.8 Å². The van der Waals surface area contributed by atoms with Gasteiger partial charge in [0.15, 0.2) is 0 Å². The number of rotatable bonds is 3. The Kier molecular flexibility index (Phi) is 3.07. The minimum absolute atomic E-state index is 0.413. The molecule has 1 aromatic heterocycles. The summed E-state index contributed by atoms with van der Waals surface area (Å²) in [6.45, 7) is 2.00. The van der Waals surface area contributed by atoms with Crippen LogP contribution in [0.5, 0.6) is 0 Å². The smallest absolute Gasteiger partial charge is 0.314 e. The highest BCUT2D eigenvalue weighted by Crippen LogP contribution is 2.27. The van der Waals surface area contributed by atoms with Crippen LogP contribution in [0.3, 0.4) is 0 Å². The number of aryl methyl sites for hydroxylation is 1. The van der Waals surface area contributed by atoms with E-state index in [0.717, 1.165) is 37.4 Å². The molecule has 18 heavy (non-hydrogen) atoms. The lowest BCUT2D eigenvalue weighted by Crippen LogP contribution is -2.23. The molecule has 5 heteroatoms. The zero-order valence-electron chi connectivity index (χ0n) is 10.4. The molecule has 3 heterocycles. The first-order valence-corrected chi connectivity index (χ1v) is 6.76. The minimum Gasteiger partial charge on any atom is -0.481 e. The Labute approximate surface area is 106 Å². The summed E-state index contributed by atoms with van der Waals surface area (Å²) in [4.78, 5) is 15.8. The molecule has 2 aliphatic rings. The fourth-order valence-electron chi connectivity index (χ4n) is 3.05. The molecule has 98 valence electrons. The van der Waals surface area contributed by atoms with Crippen LogP contribution >= 0.6 is 0 Å². The van der Waals surface area contributed by atoms with Crippen molar-refractivity contribution in [2.24, 2.45) is 0 Å². The SMILES string of the molecule is O=C(O)C1CCCn2cc(CC3CCCN3)nc21. The molecule has 0 aliphatic carbocycles. The van der Waals surface area contributed by atoms with Gasteiger partial charge in [-0.1, -0.05) is 0 Å². The number of carboxylic acids is 1. The highest BCUT2D eigenvalue weighted by atomic mass is 16.4. The van der Waals surface area contributed by atoms with Crippen molar-refractivity contribution in [3.8, 4) is 0 Å². The second-order valence-electron chi connectivity index (χ2n) is 5.31. The lowest BCUT2D eigenvalue weighted by Gasteiger charge is -2.19. The van der Waals surface area contributed by atoms with E-state index in [4.69, 9.17) is 0 Å². The highest BCUT2D eigenvalue weighted by Gasteiger charge is 2.29. The van der Waals surface area contributed by atoms with Gasteiger partial charge in [-0.25, -0.2) is 4.98 Å². The number of hydrogen-bond donors (Lipinski definition) is 2. The maximum absolute atomic E-state index is 11.2. The lowest BCUT2D eigenvalue weighted by atomic mass is 9.99. The fraction of sp³-hybridized carbons (Fsp3) is 0.692.